The van der Waals surface area contributed by atoms with Crippen LogP contribution in [0.25, 0.3) is 0 Å². The van der Waals surface area contributed by atoms with Crippen molar-refractivity contribution in [2.75, 3.05) is 29.0 Å². The predicted molar refractivity (Wildman–Crippen MR) is 88.1 cm³/mol. The molecule has 0 radical (unpaired) electrons. The normalized spacial score (nSPS) is 17.3. The molecule has 3 heterocycles. The molecule has 1 amide bonds. The van der Waals surface area contributed by atoms with Crippen LogP contribution in [-0.2, 0) is 0 Å². The van der Waals surface area contributed by atoms with Gasteiger partial charge in [0.1, 0.15) is 0 Å². The van der Waals surface area contributed by atoms with Gasteiger partial charge in [-0.1, -0.05) is 0 Å². The van der Waals surface area contributed by atoms with Crippen LogP contribution in [-0.4, -0.2) is 40.0 Å². The zero-order valence-electron chi connectivity index (χ0n) is 12.6. The smallest absolute Gasteiger partial charge is 0.278 e. The number of amides is 1. The van der Waals surface area contributed by atoms with Gasteiger partial charge in [0.05, 0.1) is 17.6 Å². The first-order valence-corrected chi connectivity index (χ1v) is 7.49. The van der Waals surface area contributed by atoms with Crippen LogP contribution in [0.4, 0.5) is 17.2 Å². The fourth-order valence-electron chi connectivity index (χ4n) is 2.84. The van der Waals surface area contributed by atoms with Gasteiger partial charge in [-0.3, -0.25) is 9.78 Å². The first kappa shape index (κ1) is 15.2. The van der Waals surface area contributed by atoms with Crippen molar-refractivity contribution in [3.63, 3.8) is 0 Å². The van der Waals surface area contributed by atoms with Crippen LogP contribution in [0.1, 0.15) is 23.3 Å². The minimum atomic E-state index is -0.409. The van der Waals surface area contributed by atoms with E-state index in [9.17, 15) is 4.79 Å². The van der Waals surface area contributed by atoms with E-state index in [4.69, 9.17) is 11.5 Å². The molecule has 2 aromatic heterocycles. The summed E-state index contributed by atoms with van der Waals surface area (Å²) in [5.74, 6) is -0.315. The molecule has 0 bridgehead atoms. The van der Waals surface area contributed by atoms with Gasteiger partial charge in [0.15, 0.2) is 11.5 Å². The molecule has 23 heavy (non-hydrogen) atoms. The van der Waals surface area contributed by atoms with Crippen molar-refractivity contribution in [3.8, 4) is 0 Å². The second-order valence-electron chi connectivity index (χ2n) is 5.36. The summed E-state index contributed by atoms with van der Waals surface area (Å²) < 4.78 is 0. The Morgan fingerprint density at radius 2 is 2.17 bits per heavy atom. The van der Waals surface area contributed by atoms with Crippen molar-refractivity contribution in [2.24, 2.45) is 5.73 Å². The number of rotatable bonds is 4. The zero-order chi connectivity index (χ0) is 16.2. The SMILES string of the molecule is NC[C@H]1CCCN1c1ccncc1NC(=O)c1nccnc1N. The van der Waals surface area contributed by atoms with E-state index in [1.54, 1.807) is 12.4 Å². The maximum absolute atomic E-state index is 12.4. The molecule has 1 aliphatic rings. The standard InChI is InChI=1S/C15H19N7O/c16-8-10-2-1-7-22(10)12-3-4-18-9-11(12)21-15(23)13-14(17)20-6-5-19-13/h3-6,9-10H,1-2,7-8,16H2,(H2,17,20)(H,21,23)/t10-/m1/s1. The van der Waals surface area contributed by atoms with Gasteiger partial charge in [-0.2, -0.15) is 0 Å². The summed E-state index contributed by atoms with van der Waals surface area (Å²) in [5, 5.41) is 2.82. The van der Waals surface area contributed by atoms with Crippen molar-refractivity contribution in [1.82, 2.24) is 15.0 Å². The van der Waals surface area contributed by atoms with Crippen molar-refractivity contribution in [2.45, 2.75) is 18.9 Å². The minimum Gasteiger partial charge on any atom is -0.382 e. The maximum Gasteiger partial charge on any atom is 0.278 e. The van der Waals surface area contributed by atoms with Crippen molar-refractivity contribution in [3.05, 3.63) is 36.5 Å². The number of aromatic nitrogens is 3. The Hall–Kier alpha value is -2.74. The third-order valence-electron chi connectivity index (χ3n) is 3.95. The summed E-state index contributed by atoms with van der Waals surface area (Å²) in [5.41, 5.74) is 13.2. The van der Waals surface area contributed by atoms with E-state index in [-0.39, 0.29) is 17.6 Å². The maximum atomic E-state index is 12.4. The average molecular weight is 313 g/mol. The van der Waals surface area contributed by atoms with Crippen LogP contribution in [0.5, 0.6) is 0 Å². The largest absolute Gasteiger partial charge is 0.382 e. The first-order chi connectivity index (χ1) is 11.2. The number of carbonyl (C=O) groups is 1. The molecule has 8 heteroatoms. The molecule has 0 saturated carbocycles. The van der Waals surface area contributed by atoms with Gasteiger partial charge in [0.2, 0.25) is 0 Å². The lowest BCUT2D eigenvalue weighted by Gasteiger charge is -2.27. The Balaban J connectivity index is 1.86. The molecule has 0 unspecified atom stereocenters. The number of nitrogens with one attached hydrogen (secondary N) is 1. The van der Waals surface area contributed by atoms with Gasteiger partial charge in [-0.05, 0) is 18.9 Å². The molecule has 1 fully saturated rings. The van der Waals surface area contributed by atoms with Crippen LogP contribution in [0.3, 0.4) is 0 Å². The molecule has 0 aromatic carbocycles. The van der Waals surface area contributed by atoms with Gasteiger partial charge in [0, 0.05) is 37.7 Å². The number of pyridine rings is 1. The van der Waals surface area contributed by atoms with Gasteiger partial charge >= 0.3 is 0 Å². The molecule has 1 aliphatic heterocycles. The van der Waals surface area contributed by atoms with Crippen molar-refractivity contribution >= 4 is 23.1 Å². The van der Waals surface area contributed by atoms with E-state index < -0.39 is 5.91 Å². The fourth-order valence-corrected chi connectivity index (χ4v) is 2.84. The summed E-state index contributed by atoms with van der Waals surface area (Å²) in [7, 11) is 0. The van der Waals surface area contributed by atoms with Gasteiger partial charge in [0.25, 0.3) is 5.91 Å². The van der Waals surface area contributed by atoms with E-state index in [1.807, 2.05) is 6.07 Å². The van der Waals surface area contributed by atoms with Crippen LogP contribution in [0.2, 0.25) is 0 Å². The highest BCUT2D eigenvalue weighted by Crippen LogP contribution is 2.31. The van der Waals surface area contributed by atoms with Crippen LogP contribution < -0.4 is 21.7 Å². The Morgan fingerprint density at radius 1 is 1.35 bits per heavy atom. The predicted octanol–water partition coefficient (Wildman–Crippen LogP) is 0.634. The summed E-state index contributed by atoms with van der Waals surface area (Å²) in [6.07, 6.45) is 8.31. The summed E-state index contributed by atoms with van der Waals surface area (Å²) in [6.45, 7) is 1.48. The average Bonchev–Trinajstić information content (AvgIpc) is 3.04. The molecule has 0 aliphatic carbocycles. The lowest BCUT2D eigenvalue weighted by atomic mass is 10.2. The fraction of sp³-hybridized carbons (Fsp3) is 0.333. The number of nitrogen functional groups attached to an aromatic ring is 1. The summed E-state index contributed by atoms with van der Waals surface area (Å²) in [4.78, 5) is 26.5. The highest BCUT2D eigenvalue weighted by molar-refractivity contribution is 6.07. The second-order valence-corrected chi connectivity index (χ2v) is 5.36. The van der Waals surface area contributed by atoms with E-state index >= 15 is 0 Å². The second kappa shape index (κ2) is 6.57. The highest BCUT2D eigenvalue weighted by atomic mass is 16.1. The Kier molecular flexibility index (Phi) is 4.33. The number of anilines is 3. The Bertz CT molecular complexity index is 706. The van der Waals surface area contributed by atoms with E-state index in [0.717, 1.165) is 25.1 Å². The van der Waals surface area contributed by atoms with E-state index in [1.165, 1.54) is 12.4 Å². The Morgan fingerprint density at radius 3 is 2.96 bits per heavy atom. The topological polar surface area (TPSA) is 123 Å². The summed E-state index contributed by atoms with van der Waals surface area (Å²) in [6, 6.07) is 2.15. The van der Waals surface area contributed by atoms with E-state index in [2.05, 4.69) is 25.2 Å². The van der Waals surface area contributed by atoms with Crippen LogP contribution in [0.15, 0.2) is 30.9 Å². The molecule has 8 nitrogen and oxygen atoms in total. The number of hydrogen-bond acceptors (Lipinski definition) is 7. The lowest BCUT2D eigenvalue weighted by molar-refractivity contribution is 0.102. The molecule has 1 saturated heterocycles. The number of carbonyl (C=O) groups excluding carboxylic acids is 1. The number of nitrogens with two attached hydrogens (primary N) is 2. The molecular weight excluding hydrogens is 294 g/mol. The molecule has 1 atom stereocenters. The zero-order valence-corrected chi connectivity index (χ0v) is 12.6. The number of nitrogens with zero attached hydrogens (tertiary/aromatic N) is 4. The first-order valence-electron chi connectivity index (χ1n) is 7.49. The van der Waals surface area contributed by atoms with Crippen LogP contribution in [0, 0.1) is 0 Å². The molecule has 2 aromatic rings. The molecule has 5 N–H and O–H groups in total. The van der Waals surface area contributed by atoms with Gasteiger partial charge < -0.3 is 21.7 Å². The van der Waals surface area contributed by atoms with Gasteiger partial charge in [-0.25, -0.2) is 9.97 Å². The highest BCUT2D eigenvalue weighted by Gasteiger charge is 2.26. The molecule has 3 rings (SSSR count). The number of hydrogen-bond donors (Lipinski definition) is 3. The van der Waals surface area contributed by atoms with E-state index in [0.29, 0.717) is 12.2 Å². The van der Waals surface area contributed by atoms with Crippen molar-refractivity contribution < 1.29 is 4.79 Å². The lowest BCUT2D eigenvalue weighted by Crippen LogP contribution is -2.36. The van der Waals surface area contributed by atoms with Crippen molar-refractivity contribution in [1.29, 1.82) is 0 Å². The van der Waals surface area contributed by atoms with Crippen LogP contribution >= 0.6 is 0 Å². The quantitative estimate of drug-likeness (QED) is 0.756. The summed E-state index contributed by atoms with van der Waals surface area (Å²) >= 11 is 0. The molecular formula is C15H19N7O. The minimum absolute atomic E-state index is 0.0939. The Labute approximate surface area is 133 Å². The third kappa shape index (κ3) is 3.07. The third-order valence-corrected chi connectivity index (χ3v) is 3.95. The van der Waals surface area contributed by atoms with Gasteiger partial charge in [-0.15, -0.1) is 0 Å². The monoisotopic (exact) mass is 313 g/mol. The molecule has 120 valence electrons. The molecule has 0 spiro atoms.